The van der Waals surface area contributed by atoms with Crippen LogP contribution in [0.3, 0.4) is 0 Å². The van der Waals surface area contributed by atoms with E-state index >= 15 is 0 Å². The largest absolute Gasteiger partial charge is 0.508 e. The summed E-state index contributed by atoms with van der Waals surface area (Å²) in [4.78, 5) is 11.4. The molecule has 1 aliphatic heterocycles. The van der Waals surface area contributed by atoms with E-state index in [0.29, 0.717) is 5.78 Å². The van der Waals surface area contributed by atoms with Crippen molar-refractivity contribution in [1.29, 1.82) is 0 Å². The predicted octanol–water partition coefficient (Wildman–Crippen LogP) is 2.31. The number of phenols is 1. The van der Waals surface area contributed by atoms with Crippen LogP contribution >= 0.6 is 0 Å². The summed E-state index contributed by atoms with van der Waals surface area (Å²) in [6.45, 7) is 2.16. The minimum atomic E-state index is 0.260. The third kappa shape index (κ3) is 1.79. The van der Waals surface area contributed by atoms with Crippen LogP contribution in [0.2, 0.25) is 0 Å². The lowest BCUT2D eigenvalue weighted by Gasteiger charge is -2.31. The summed E-state index contributed by atoms with van der Waals surface area (Å²) >= 11 is 0. The summed E-state index contributed by atoms with van der Waals surface area (Å²) in [6, 6.07) is 9.06. The van der Waals surface area contributed by atoms with E-state index in [1.54, 1.807) is 12.1 Å². The van der Waals surface area contributed by atoms with Crippen LogP contribution in [-0.4, -0.2) is 32.6 Å². The van der Waals surface area contributed by atoms with Gasteiger partial charge in [0, 0.05) is 31.0 Å². The fraction of sp³-hybridized carbons (Fsp3) is 0.200. The van der Waals surface area contributed by atoms with Crippen molar-refractivity contribution >= 4 is 11.6 Å². The summed E-state index contributed by atoms with van der Waals surface area (Å²) in [7, 11) is 0. The van der Waals surface area contributed by atoms with Gasteiger partial charge in [-0.2, -0.15) is 4.98 Å². The zero-order valence-corrected chi connectivity index (χ0v) is 10.9. The summed E-state index contributed by atoms with van der Waals surface area (Å²) < 4.78 is 1.92. The van der Waals surface area contributed by atoms with E-state index in [1.807, 2.05) is 35.0 Å². The summed E-state index contributed by atoms with van der Waals surface area (Å²) in [5.41, 5.74) is 1.83. The van der Waals surface area contributed by atoms with E-state index in [-0.39, 0.29) is 5.75 Å². The van der Waals surface area contributed by atoms with E-state index in [1.165, 1.54) is 6.42 Å². The Morgan fingerprint density at radius 1 is 1.00 bits per heavy atom. The van der Waals surface area contributed by atoms with Crippen molar-refractivity contribution in [2.45, 2.75) is 6.42 Å². The molecule has 3 aromatic rings. The fourth-order valence-electron chi connectivity index (χ4n) is 2.36. The Labute approximate surface area is 116 Å². The SMILES string of the molecule is Oc1ccc(-c2cn3ccc(N4CCC4)nc3n2)cc1. The number of benzene rings is 1. The molecule has 1 aromatic carbocycles. The van der Waals surface area contributed by atoms with E-state index in [9.17, 15) is 5.11 Å². The first-order chi connectivity index (χ1) is 9.79. The van der Waals surface area contributed by atoms with Gasteiger partial charge in [-0.3, -0.25) is 4.40 Å². The Morgan fingerprint density at radius 2 is 1.80 bits per heavy atom. The van der Waals surface area contributed by atoms with Crippen LogP contribution in [0.4, 0.5) is 5.82 Å². The van der Waals surface area contributed by atoms with Crippen molar-refractivity contribution in [2.75, 3.05) is 18.0 Å². The third-order valence-corrected chi connectivity index (χ3v) is 3.65. The second-order valence-electron chi connectivity index (χ2n) is 5.01. The topological polar surface area (TPSA) is 53.7 Å². The number of aromatic hydroxyl groups is 1. The molecule has 5 nitrogen and oxygen atoms in total. The number of nitrogens with zero attached hydrogens (tertiary/aromatic N) is 4. The van der Waals surface area contributed by atoms with Crippen molar-refractivity contribution in [2.24, 2.45) is 0 Å². The number of phenolic OH excluding ortho intramolecular Hbond substituents is 1. The molecule has 1 fully saturated rings. The molecule has 4 rings (SSSR count). The van der Waals surface area contributed by atoms with Crippen molar-refractivity contribution in [3.63, 3.8) is 0 Å². The number of anilines is 1. The van der Waals surface area contributed by atoms with Crippen molar-refractivity contribution < 1.29 is 5.11 Å². The van der Waals surface area contributed by atoms with Crippen LogP contribution < -0.4 is 4.90 Å². The Bertz CT molecular complexity index is 759. The highest BCUT2D eigenvalue weighted by molar-refractivity contribution is 5.62. The van der Waals surface area contributed by atoms with Crippen LogP contribution in [-0.2, 0) is 0 Å². The third-order valence-electron chi connectivity index (χ3n) is 3.65. The molecule has 0 bridgehead atoms. The van der Waals surface area contributed by atoms with E-state index in [4.69, 9.17) is 0 Å². The van der Waals surface area contributed by atoms with Gasteiger partial charge in [-0.05, 0) is 36.8 Å². The molecule has 20 heavy (non-hydrogen) atoms. The lowest BCUT2D eigenvalue weighted by atomic mass is 10.2. The Morgan fingerprint density at radius 3 is 2.50 bits per heavy atom. The molecule has 0 radical (unpaired) electrons. The van der Waals surface area contributed by atoms with Gasteiger partial charge in [-0.1, -0.05) is 0 Å². The molecule has 1 aliphatic rings. The number of hydrogen-bond acceptors (Lipinski definition) is 4. The average molecular weight is 266 g/mol. The van der Waals surface area contributed by atoms with Crippen LogP contribution in [0.25, 0.3) is 17.0 Å². The molecule has 0 amide bonds. The first-order valence-electron chi connectivity index (χ1n) is 6.70. The van der Waals surface area contributed by atoms with Gasteiger partial charge in [0.1, 0.15) is 11.6 Å². The van der Waals surface area contributed by atoms with Crippen LogP contribution in [0.5, 0.6) is 5.75 Å². The number of hydrogen-bond donors (Lipinski definition) is 1. The summed E-state index contributed by atoms with van der Waals surface area (Å²) in [6.07, 6.45) is 5.18. The molecule has 5 heteroatoms. The maximum atomic E-state index is 9.33. The lowest BCUT2D eigenvalue weighted by molar-refractivity contribution is 0.475. The molecule has 100 valence electrons. The van der Waals surface area contributed by atoms with Gasteiger partial charge in [0.15, 0.2) is 0 Å². The maximum Gasteiger partial charge on any atom is 0.236 e. The highest BCUT2D eigenvalue weighted by atomic mass is 16.3. The first kappa shape index (κ1) is 11.3. The quantitative estimate of drug-likeness (QED) is 0.773. The normalized spacial score (nSPS) is 14.5. The molecule has 1 N–H and O–H groups in total. The number of aromatic nitrogens is 3. The average Bonchev–Trinajstić information content (AvgIpc) is 2.80. The minimum absolute atomic E-state index is 0.260. The molecular formula is C15H14N4O. The molecule has 0 spiro atoms. The van der Waals surface area contributed by atoms with Gasteiger partial charge >= 0.3 is 0 Å². The maximum absolute atomic E-state index is 9.33. The van der Waals surface area contributed by atoms with E-state index in [0.717, 1.165) is 30.2 Å². The van der Waals surface area contributed by atoms with Gasteiger partial charge in [0.05, 0.1) is 5.69 Å². The Hall–Kier alpha value is -2.56. The van der Waals surface area contributed by atoms with Crippen molar-refractivity contribution in [3.05, 3.63) is 42.7 Å². The van der Waals surface area contributed by atoms with Gasteiger partial charge in [-0.25, -0.2) is 4.98 Å². The predicted molar refractivity (Wildman–Crippen MR) is 76.9 cm³/mol. The van der Waals surface area contributed by atoms with Gasteiger partial charge in [0.25, 0.3) is 0 Å². The smallest absolute Gasteiger partial charge is 0.236 e. The fourth-order valence-corrected chi connectivity index (χ4v) is 2.36. The molecular weight excluding hydrogens is 252 g/mol. The van der Waals surface area contributed by atoms with Crippen LogP contribution in [0, 0.1) is 0 Å². The number of fused-ring (bicyclic) bond motifs is 1. The van der Waals surface area contributed by atoms with Crippen molar-refractivity contribution in [1.82, 2.24) is 14.4 Å². The highest BCUT2D eigenvalue weighted by Gasteiger charge is 2.16. The Kier molecular flexibility index (Phi) is 2.39. The van der Waals surface area contributed by atoms with E-state index in [2.05, 4.69) is 14.9 Å². The molecule has 0 aliphatic carbocycles. The molecule has 0 atom stereocenters. The monoisotopic (exact) mass is 266 g/mol. The minimum Gasteiger partial charge on any atom is -0.508 e. The number of imidazole rings is 1. The van der Waals surface area contributed by atoms with Crippen molar-refractivity contribution in [3.8, 4) is 17.0 Å². The van der Waals surface area contributed by atoms with Gasteiger partial charge in [-0.15, -0.1) is 0 Å². The highest BCUT2D eigenvalue weighted by Crippen LogP contribution is 2.23. The molecule has 0 unspecified atom stereocenters. The van der Waals surface area contributed by atoms with Gasteiger partial charge < -0.3 is 10.0 Å². The zero-order chi connectivity index (χ0) is 13.5. The summed E-state index contributed by atoms with van der Waals surface area (Å²) in [5, 5.41) is 9.33. The standard InChI is InChI=1S/C15H14N4O/c20-12-4-2-11(3-5-12)13-10-19-9-6-14(17-15(19)16-13)18-7-1-8-18/h2-6,9-10,20H,1,7-8H2. The van der Waals surface area contributed by atoms with E-state index < -0.39 is 0 Å². The second kappa shape index (κ2) is 4.23. The van der Waals surface area contributed by atoms with Gasteiger partial charge in [0.2, 0.25) is 5.78 Å². The summed E-state index contributed by atoms with van der Waals surface area (Å²) in [5.74, 6) is 1.96. The molecule has 0 saturated carbocycles. The lowest BCUT2D eigenvalue weighted by Crippen LogP contribution is -2.37. The molecule has 3 heterocycles. The van der Waals surface area contributed by atoms with Crippen LogP contribution in [0.15, 0.2) is 42.7 Å². The molecule has 1 saturated heterocycles. The van der Waals surface area contributed by atoms with Crippen LogP contribution in [0.1, 0.15) is 6.42 Å². The first-order valence-corrected chi connectivity index (χ1v) is 6.70. The number of rotatable bonds is 2. The Balaban J connectivity index is 1.76. The molecule has 2 aromatic heterocycles. The second-order valence-corrected chi connectivity index (χ2v) is 5.01. The zero-order valence-electron chi connectivity index (χ0n) is 10.9.